The summed E-state index contributed by atoms with van der Waals surface area (Å²) in [5, 5.41) is 8.71. The summed E-state index contributed by atoms with van der Waals surface area (Å²) in [6.45, 7) is 1.98. The van der Waals surface area contributed by atoms with Crippen LogP contribution in [0, 0.1) is 22.7 Å². The van der Waals surface area contributed by atoms with Crippen LogP contribution in [0.1, 0.15) is 19.8 Å². The lowest BCUT2D eigenvalue weighted by atomic mass is 10.1. The molecular formula is C8H11NO2. The van der Waals surface area contributed by atoms with Gasteiger partial charge >= 0.3 is 5.97 Å². The third-order valence-electron chi connectivity index (χ3n) is 2.35. The maximum Gasteiger partial charge on any atom is 0.326 e. The van der Waals surface area contributed by atoms with Gasteiger partial charge in [-0.2, -0.15) is 5.26 Å². The highest BCUT2D eigenvalue weighted by atomic mass is 16.5. The normalized spacial score (nSPS) is 34.1. The molecule has 1 aliphatic rings. The van der Waals surface area contributed by atoms with E-state index >= 15 is 0 Å². The van der Waals surface area contributed by atoms with Crippen LogP contribution in [0.25, 0.3) is 0 Å². The van der Waals surface area contributed by atoms with Crippen LogP contribution in [0.2, 0.25) is 0 Å². The summed E-state index contributed by atoms with van der Waals surface area (Å²) < 4.78 is 4.54. The highest BCUT2D eigenvalue weighted by Crippen LogP contribution is 2.54. The lowest BCUT2D eigenvalue weighted by Crippen LogP contribution is -2.17. The fourth-order valence-electron chi connectivity index (χ4n) is 1.44. The number of nitriles is 1. The molecule has 0 N–H and O–H groups in total. The molecule has 0 aliphatic heterocycles. The Bertz CT molecular complexity index is 219. The molecule has 11 heavy (non-hydrogen) atoms. The van der Waals surface area contributed by atoms with Gasteiger partial charge in [0.2, 0.25) is 0 Å². The molecule has 0 unspecified atom stereocenters. The second kappa shape index (κ2) is 2.54. The first kappa shape index (κ1) is 8.06. The van der Waals surface area contributed by atoms with Crippen molar-refractivity contribution in [3.05, 3.63) is 0 Å². The van der Waals surface area contributed by atoms with E-state index in [4.69, 9.17) is 5.26 Å². The molecule has 2 atom stereocenters. The summed E-state index contributed by atoms with van der Waals surface area (Å²) in [4.78, 5) is 11.1. The molecule has 1 aliphatic carbocycles. The molecule has 0 amide bonds. The van der Waals surface area contributed by atoms with Gasteiger partial charge in [-0.05, 0) is 12.3 Å². The lowest BCUT2D eigenvalue weighted by molar-refractivity contribution is -0.145. The Hall–Kier alpha value is -1.04. The summed E-state index contributed by atoms with van der Waals surface area (Å²) in [5.74, 6) is -0.146. The van der Waals surface area contributed by atoms with Crippen molar-refractivity contribution in [2.45, 2.75) is 19.8 Å². The minimum absolute atomic E-state index is 0.222. The van der Waals surface area contributed by atoms with E-state index in [0.717, 1.165) is 6.42 Å². The van der Waals surface area contributed by atoms with Gasteiger partial charge in [-0.1, -0.05) is 13.3 Å². The van der Waals surface area contributed by atoms with E-state index in [1.54, 1.807) is 0 Å². The van der Waals surface area contributed by atoms with E-state index in [1.165, 1.54) is 7.11 Å². The number of methoxy groups -OCH3 is 1. The van der Waals surface area contributed by atoms with Crippen molar-refractivity contribution in [3.8, 4) is 6.07 Å². The minimum atomic E-state index is -0.788. The first-order chi connectivity index (χ1) is 5.21. The van der Waals surface area contributed by atoms with E-state index in [2.05, 4.69) is 4.74 Å². The first-order valence-corrected chi connectivity index (χ1v) is 3.71. The zero-order valence-electron chi connectivity index (χ0n) is 6.76. The van der Waals surface area contributed by atoms with E-state index in [-0.39, 0.29) is 11.9 Å². The van der Waals surface area contributed by atoms with Gasteiger partial charge in [-0.3, -0.25) is 4.79 Å². The number of carbonyl (C=O) groups is 1. The van der Waals surface area contributed by atoms with Gasteiger partial charge in [0.25, 0.3) is 0 Å². The van der Waals surface area contributed by atoms with E-state index in [0.29, 0.717) is 6.42 Å². The maximum atomic E-state index is 11.1. The monoisotopic (exact) mass is 153 g/mol. The molecule has 0 heterocycles. The zero-order chi connectivity index (χ0) is 8.48. The zero-order valence-corrected chi connectivity index (χ0v) is 6.76. The van der Waals surface area contributed by atoms with E-state index in [1.807, 2.05) is 13.0 Å². The van der Waals surface area contributed by atoms with Gasteiger partial charge in [0.1, 0.15) is 0 Å². The van der Waals surface area contributed by atoms with Crippen molar-refractivity contribution in [2.75, 3.05) is 7.11 Å². The van der Waals surface area contributed by atoms with Gasteiger partial charge in [-0.15, -0.1) is 0 Å². The summed E-state index contributed by atoms with van der Waals surface area (Å²) in [7, 11) is 1.33. The molecule has 0 aromatic heterocycles. The van der Waals surface area contributed by atoms with Gasteiger partial charge < -0.3 is 4.74 Å². The lowest BCUT2D eigenvalue weighted by Gasteiger charge is -2.03. The third kappa shape index (κ3) is 0.988. The smallest absolute Gasteiger partial charge is 0.326 e. The standard InChI is InChI=1S/C8H11NO2/c1-3-6-4-8(6,5-9)7(10)11-2/h6H,3-4H2,1-2H3/t6-,8+/m1/s1. The number of carbonyl (C=O) groups excluding carboxylic acids is 1. The van der Waals surface area contributed by atoms with Crippen LogP contribution in [-0.2, 0) is 9.53 Å². The van der Waals surface area contributed by atoms with Crippen molar-refractivity contribution in [1.82, 2.24) is 0 Å². The highest BCUT2D eigenvalue weighted by molar-refractivity contribution is 5.83. The predicted molar refractivity (Wildman–Crippen MR) is 38.5 cm³/mol. The molecular weight excluding hydrogens is 142 g/mol. The van der Waals surface area contributed by atoms with Crippen LogP contribution in [0.15, 0.2) is 0 Å². The van der Waals surface area contributed by atoms with Crippen LogP contribution >= 0.6 is 0 Å². The molecule has 1 saturated carbocycles. The average Bonchev–Trinajstić information content (AvgIpc) is 2.78. The van der Waals surface area contributed by atoms with Crippen LogP contribution in [0.4, 0.5) is 0 Å². The Kier molecular flexibility index (Phi) is 1.86. The number of nitrogens with zero attached hydrogens (tertiary/aromatic N) is 1. The van der Waals surface area contributed by atoms with Crippen molar-refractivity contribution in [2.24, 2.45) is 11.3 Å². The molecule has 0 saturated heterocycles. The molecule has 0 aromatic rings. The molecule has 60 valence electrons. The quantitative estimate of drug-likeness (QED) is 0.558. The van der Waals surface area contributed by atoms with Gasteiger partial charge in [0.05, 0.1) is 13.2 Å². The fourth-order valence-corrected chi connectivity index (χ4v) is 1.44. The molecule has 0 bridgehead atoms. The average molecular weight is 153 g/mol. The second-order valence-corrected chi connectivity index (χ2v) is 2.88. The fraction of sp³-hybridized carbons (Fsp3) is 0.750. The van der Waals surface area contributed by atoms with Crippen LogP contribution < -0.4 is 0 Å². The van der Waals surface area contributed by atoms with E-state index < -0.39 is 5.41 Å². The minimum Gasteiger partial charge on any atom is -0.468 e. The second-order valence-electron chi connectivity index (χ2n) is 2.88. The number of hydrogen-bond donors (Lipinski definition) is 0. The number of rotatable bonds is 2. The van der Waals surface area contributed by atoms with Gasteiger partial charge in [-0.25, -0.2) is 0 Å². The Labute approximate surface area is 66.0 Å². The summed E-state index contributed by atoms with van der Waals surface area (Å²) >= 11 is 0. The molecule has 3 heteroatoms. The number of esters is 1. The Balaban J connectivity index is 2.69. The molecule has 0 radical (unpaired) electrons. The Morgan fingerprint density at radius 1 is 1.91 bits per heavy atom. The van der Waals surface area contributed by atoms with Gasteiger partial charge in [0.15, 0.2) is 5.41 Å². The van der Waals surface area contributed by atoms with Crippen LogP contribution in [0.5, 0.6) is 0 Å². The summed E-state index contributed by atoms with van der Waals surface area (Å²) in [6.07, 6.45) is 1.55. The predicted octanol–water partition coefficient (Wildman–Crippen LogP) is 1.10. The van der Waals surface area contributed by atoms with Crippen LogP contribution in [-0.4, -0.2) is 13.1 Å². The number of ether oxygens (including phenoxy) is 1. The molecule has 0 aromatic carbocycles. The number of hydrogen-bond acceptors (Lipinski definition) is 3. The first-order valence-electron chi connectivity index (χ1n) is 3.71. The highest BCUT2D eigenvalue weighted by Gasteiger charge is 2.60. The molecule has 1 rings (SSSR count). The molecule has 3 nitrogen and oxygen atoms in total. The SMILES string of the molecule is CC[C@@H]1C[C@@]1(C#N)C(=O)OC. The third-order valence-corrected chi connectivity index (χ3v) is 2.35. The van der Waals surface area contributed by atoms with Crippen molar-refractivity contribution in [1.29, 1.82) is 5.26 Å². The van der Waals surface area contributed by atoms with Gasteiger partial charge in [0, 0.05) is 0 Å². The van der Waals surface area contributed by atoms with Crippen molar-refractivity contribution < 1.29 is 9.53 Å². The molecule has 0 spiro atoms. The topological polar surface area (TPSA) is 50.1 Å². The molecule has 1 fully saturated rings. The Morgan fingerprint density at radius 2 is 2.55 bits per heavy atom. The summed E-state index contributed by atoms with van der Waals surface area (Å²) in [5.41, 5.74) is -0.788. The Morgan fingerprint density at radius 3 is 2.82 bits per heavy atom. The van der Waals surface area contributed by atoms with Crippen LogP contribution in [0.3, 0.4) is 0 Å². The largest absolute Gasteiger partial charge is 0.468 e. The maximum absolute atomic E-state index is 11.1. The van der Waals surface area contributed by atoms with Crippen molar-refractivity contribution >= 4 is 5.97 Å². The van der Waals surface area contributed by atoms with Crippen molar-refractivity contribution in [3.63, 3.8) is 0 Å². The summed E-state index contributed by atoms with van der Waals surface area (Å²) in [6, 6.07) is 2.03. The van der Waals surface area contributed by atoms with E-state index in [9.17, 15) is 4.79 Å².